The van der Waals surface area contributed by atoms with E-state index in [4.69, 9.17) is 0 Å². The lowest BCUT2D eigenvalue weighted by Crippen LogP contribution is -2.18. The maximum atomic E-state index is 13.3. The predicted octanol–water partition coefficient (Wildman–Crippen LogP) is 5.21. The number of nitrogens with zero attached hydrogens (tertiary/aromatic N) is 1. The highest BCUT2D eigenvalue weighted by Gasteiger charge is 2.21. The van der Waals surface area contributed by atoms with Crippen molar-refractivity contribution in [3.8, 4) is 0 Å². The molecular weight excluding hydrogens is 336 g/mol. The minimum absolute atomic E-state index is 0.120. The molecule has 0 saturated heterocycles. The molecule has 0 amide bonds. The zero-order chi connectivity index (χ0) is 18.7. The van der Waals surface area contributed by atoms with Gasteiger partial charge in [0.2, 0.25) is 0 Å². The van der Waals surface area contributed by atoms with E-state index in [9.17, 15) is 18.7 Å². The van der Waals surface area contributed by atoms with Gasteiger partial charge in [-0.2, -0.15) is 0 Å². The van der Waals surface area contributed by atoms with Gasteiger partial charge >= 0.3 is 5.97 Å². The molecule has 0 aromatic heterocycles. The number of anilines is 1. The Bertz CT molecular complexity index is 855. The van der Waals surface area contributed by atoms with Crippen molar-refractivity contribution in [3.05, 3.63) is 83.7 Å². The third-order valence-electron chi connectivity index (χ3n) is 4.43. The maximum Gasteiger partial charge on any atom is 0.309 e. The van der Waals surface area contributed by atoms with Crippen LogP contribution >= 0.6 is 0 Å². The molecule has 1 heterocycles. The first-order valence-electron chi connectivity index (χ1n) is 8.37. The summed E-state index contributed by atoms with van der Waals surface area (Å²) in [6.45, 7) is 2.04. The Morgan fingerprint density at radius 3 is 2.23 bits per heavy atom. The van der Waals surface area contributed by atoms with Crippen molar-refractivity contribution in [1.82, 2.24) is 0 Å². The third-order valence-corrected chi connectivity index (χ3v) is 4.43. The molecule has 1 aliphatic rings. The lowest BCUT2D eigenvalue weighted by molar-refractivity contribution is -0.136. The number of halogens is 2. The van der Waals surface area contributed by atoms with E-state index in [0.29, 0.717) is 17.8 Å². The van der Waals surface area contributed by atoms with E-state index in [1.807, 2.05) is 19.2 Å². The van der Waals surface area contributed by atoms with Crippen molar-refractivity contribution >= 4 is 17.2 Å². The Morgan fingerprint density at radius 1 is 1.08 bits per heavy atom. The molecule has 2 aromatic carbocycles. The quantitative estimate of drug-likeness (QED) is 0.818. The summed E-state index contributed by atoms with van der Waals surface area (Å²) in [5.41, 5.74) is 3.13. The van der Waals surface area contributed by atoms with Gasteiger partial charge in [-0.15, -0.1) is 0 Å². The first-order valence-corrected chi connectivity index (χ1v) is 8.37. The number of hydrogen-bond acceptors (Lipinski definition) is 2. The van der Waals surface area contributed by atoms with Crippen LogP contribution < -0.4 is 4.90 Å². The summed E-state index contributed by atoms with van der Waals surface area (Å²) >= 11 is 0. The Labute approximate surface area is 150 Å². The molecule has 1 atom stereocenters. The number of aliphatic carboxylic acids is 1. The van der Waals surface area contributed by atoms with Gasteiger partial charge in [0.25, 0.3) is 0 Å². The molecule has 1 N–H and O–H groups in total. The van der Waals surface area contributed by atoms with E-state index >= 15 is 0 Å². The molecule has 3 nitrogen and oxygen atoms in total. The smallest absolute Gasteiger partial charge is 0.309 e. The second kappa shape index (κ2) is 7.52. The highest BCUT2D eigenvalue weighted by Crippen LogP contribution is 2.34. The largest absolute Gasteiger partial charge is 0.481 e. The van der Waals surface area contributed by atoms with E-state index in [1.165, 1.54) is 24.3 Å². The average Bonchev–Trinajstić information content (AvgIpc) is 2.76. The average molecular weight is 355 g/mol. The van der Waals surface area contributed by atoms with Crippen LogP contribution in [-0.4, -0.2) is 11.1 Å². The van der Waals surface area contributed by atoms with E-state index in [-0.39, 0.29) is 24.0 Å². The highest BCUT2D eigenvalue weighted by atomic mass is 19.1. The van der Waals surface area contributed by atoms with Crippen LogP contribution in [0.4, 0.5) is 14.5 Å². The Kier molecular flexibility index (Phi) is 5.16. The van der Waals surface area contributed by atoms with Crippen molar-refractivity contribution in [2.75, 3.05) is 4.90 Å². The lowest BCUT2D eigenvalue weighted by atomic mass is 9.92. The third kappa shape index (κ3) is 3.99. The predicted molar refractivity (Wildman–Crippen MR) is 97.4 cm³/mol. The highest BCUT2D eigenvalue weighted by molar-refractivity contribution is 5.77. The first-order chi connectivity index (χ1) is 12.4. The Hall–Kier alpha value is -2.95. The molecule has 134 valence electrons. The fourth-order valence-electron chi connectivity index (χ4n) is 3.04. The van der Waals surface area contributed by atoms with Crippen molar-refractivity contribution in [2.45, 2.75) is 19.8 Å². The van der Waals surface area contributed by atoms with Gasteiger partial charge < -0.3 is 10.0 Å². The topological polar surface area (TPSA) is 40.5 Å². The number of carboxylic acids is 1. The van der Waals surface area contributed by atoms with Crippen LogP contribution in [0.15, 0.2) is 66.5 Å². The molecule has 26 heavy (non-hydrogen) atoms. The molecule has 0 aliphatic carbocycles. The molecule has 0 fully saturated rings. The molecular formula is C21H19F2NO2. The minimum atomic E-state index is -0.936. The summed E-state index contributed by atoms with van der Waals surface area (Å²) in [6, 6.07) is 12.1. The van der Waals surface area contributed by atoms with E-state index in [0.717, 1.165) is 11.1 Å². The van der Waals surface area contributed by atoms with Gasteiger partial charge in [-0.1, -0.05) is 25.1 Å². The number of benzene rings is 2. The van der Waals surface area contributed by atoms with Gasteiger partial charge in [0, 0.05) is 17.6 Å². The summed E-state index contributed by atoms with van der Waals surface area (Å²) in [7, 11) is 0. The summed E-state index contributed by atoms with van der Waals surface area (Å²) in [5, 5.41) is 9.26. The van der Waals surface area contributed by atoms with Crippen molar-refractivity contribution in [1.29, 1.82) is 0 Å². The number of carboxylic acid groups (broad SMARTS) is 1. The van der Waals surface area contributed by atoms with Crippen LogP contribution in [0.2, 0.25) is 0 Å². The summed E-state index contributed by atoms with van der Waals surface area (Å²) in [5.74, 6) is -1.48. The molecule has 3 rings (SSSR count). The molecule has 5 heteroatoms. The zero-order valence-corrected chi connectivity index (χ0v) is 14.3. The molecule has 0 saturated carbocycles. The van der Waals surface area contributed by atoms with Crippen LogP contribution in [-0.2, 0) is 4.79 Å². The van der Waals surface area contributed by atoms with E-state index in [2.05, 4.69) is 0 Å². The van der Waals surface area contributed by atoms with Crippen molar-refractivity contribution in [3.63, 3.8) is 0 Å². The van der Waals surface area contributed by atoms with Crippen LogP contribution in [0, 0.1) is 17.6 Å². The van der Waals surface area contributed by atoms with Gasteiger partial charge in [-0.25, -0.2) is 8.78 Å². The van der Waals surface area contributed by atoms with Gasteiger partial charge in [0.05, 0.1) is 6.42 Å². The minimum Gasteiger partial charge on any atom is -0.481 e. The lowest BCUT2D eigenvalue weighted by Gasteiger charge is -2.24. The molecule has 0 bridgehead atoms. The first kappa shape index (κ1) is 17.9. The molecule has 0 radical (unpaired) electrons. The SMILES string of the molecule is CC1CC=C(CC(=O)O)N(c2ccc(F)cc2)C=C1c1ccc(F)cc1. The van der Waals surface area contributed by atoms with E-state index < -0.39 is 5.97 Å². The monoisotopic (exact) mass is 355 g/mol. The second-order valence-corrected chi connectivity index (χ2v) is 6.34. The molecule has 1 unspecified atom stereocenters. The Morgan fingerprint density at radius 2 is 1.65 bits per heavy atom. The summed E-state index contributed by atoms with van der Waals surface area (Å²) < 4.78 is 26.6. The molecule has 2 aromatic rings. The van der Waals surface area contributed by atoms with Gasteiger partial charge in [-0.05, 0) is 59.9 Å². The van der Waals surface area contributed by atoms with Crippen LogP contribution in [0.1, 0.15) is 25.3 Å². The number of rotatable bonds is 4. The molecule has 1 aliphatic heterocycles. The van der Waals surface area contributed by atoms with Gasteiger partial charge in [0.15, 0.2) is 0 Å². The van der Waals surface area contributed by atoms with E-state index in [1.54, 1.807) is 29.2 Å². The maximum absolute atomic E-state index is 13.3. The van der Waals surface area contributed by atoms with Gasteiger partial charge in [0.1, 0.15) is 11.6 Å². The fourth-order valence-corrected chi connectivity index (χ4v) is 3.04. The number of hydrogen-bond donors (Lipinski definition) is 1. The second-order valence-electron chi connectivity index (χ2n) is 6.34. The van der Waals surface area contributed by atoms with Crippen molar-refractivity contribution < 1.29 is 18.7 Å². The molecule has 0 spiro atoms. The van der Waals surface area contributed by atoms with Crippen LogP contribution in [0.3, 0.4) is 0 Å². The summed E-state index contributed by atoms with van der Waals surface area (Å²) in [4.78, 5) is 13.1. The standard InChI is InChI=1S/C21H19F2NO2/c1-14-2-9-19(12-21(25)26)24(18-10-7-17(23)8-11-18)13-20(14)15-3-5-16(22)6-4-15/h3-11,13-14H,2,12H2,1H3,(H,25,26). The van der Waals surface area contributed by atoms with Crippen LogP contribution in [0.25, 0.3) is 5.57 Å². The number of carbonyl (C=O) groups is 1. The van der Waals surface area contributed by atoms with Crippen molar-refractivity contribution in [2.24, 2.45) is 5.92 Å². The van der Waals surface area contributed by atoms with Crippen LogP contribution in [0.5, 0.6) is 0 Å². The normalized spacial score (nSPS) is 17.3. The Balaban J connectivity index is 2.08. The number of allylic oxidation sites excluding steroid dienone is 2. The zero-order valence-electron chi connectivity index (χ0n) is 14.3. The van der Waals surface area contributed by atoms with Gasteiger partial charge in [-0.3, -0.25) is 4.79 Å². The fraction of sp³-hybridized carbons (Fsp3) is 0.190. The summed E-state index contributed by atoms with van der Waals surface area (Å²) in [6.07, 6.45) is 4.28.